The molecule has 0 saturated carbocycles. The summed E-state index contributed by atoms with van der Waals surface area (Å²) in [5.74, 6) is -1.26. The summed E-state index contributed by atoms with van der Waals surface area (Å²) in [5.41, 5.74) is 1.31. The Morgan fingerprint density at radius 3 is 2.48 bits per heavy atom. The maximum atomic E-state index is 13.2. The van der Waals surface area contributed by atoms with Crippen LogP contribution in [-0.4, -0.2) is 38.0 Å². The second kappa shape index (κ2) is 9.03. The van der Waals surface area contributed by atoms with E-state index in [-0.39, 0.29) is 17.8 Å². The number of rotatable bonds is 6. The normalized spacial score (nSPS) is 10.9. The van der Waals surface area contributed by atoms with Gasteiger partial charge in [-0.1, -0.05) is 18.2 Å². The third-order valence-corrected chi connectivity index (χ3v) is 4.88. The molecule has 0 aliphatic rings. The number of ether oxygens (including phenoxy) is 1. The van der Waals surface area contributed by atoms with Crippen LogP contribution in [0.3, 0.4) is 0 Å². The van der Waals surface area contributed by atoms with E-state index in [0.717, 1.165) is 4.68 Å². The van der Waals surface area contributed by atoms with E-state index >= 15 is 0 Å². The molecule has 2 aromatic carbocycles. The number of aryl methyl sites for hydroxylation is 2. The van der Waals surface area contributed by atoms with Crippen LogP contribution in [0.15, 0.2) is 59.4 Å². The van der Waals surface area contributed by atoms with E-state index < -0.39 is 18.5 Å². The van der Waals surface area contributed by atoms with Crippen molar-refractivity contribution < 1.29 is 18.7 Å². The average Bonchev–Trinajstić information content (AvgIpc) is 3.16. The summed E-state index contributed by atoms with van der Waals surface area (Å²) in [6.45, 7) is 1.23. The third kappa shape index (κ3) is 4.79. The molecule has 0 aliphatic heterocycles. The predicted octanol–water partition coefficient (Wildman–Crippen LogP) is 2.29. The molecule has 0 spiro atoms. The average molecular weight is 449 g/mol. The van der Waals surface area contributed by atoms with Gasteiger partial charge in [0.2, 0.25) is 0 Å². The van der Waals surface area contributed by atoms with Crippen molar-refractivity contribution in [2.24, 2.45) is 7.05 Å². The minimum absolute atomic E-state index is 0.200. The highest BCUT2D eigenvalue weighted by atomic mass is 19.1. The number of amides is 1. The molecule has 0 saturated heterocycles. The van der Waals surface area contributed by atoms with Crippen LogP contribution in [-0.2, 0) is 27.8 Å². The lowest BCUT2D eigenvalue weighted by Gasteiger charge is -2.10. The van der Waals surface area contributed by atoms with Crippen molar-refractivity contribution >= 4 is 28.5 Å². The lowest BCUT2D eigenvalue weighted by molar-refractivity contribution is -0.146. The zero-order chi connectivity index (χ0) is 23.5. The van der Waals surface area contributed by atoms with Crippen LogP contribution in [0.25, 0.3) is 16.5 Å². The molecule has 33 heavy (non-hydrogen) atoms. The first kappa shape index (κ1) is 21.9. The van der Waals surface area contributed by atoms with E-state index in [0.29, 0.717) is 33.7 Å². The molecule has 0 atom stereocenters. The maximum absolute atomic E-state index is 13.2. The molecule has 0 bridgehead atoms. The van der Waals surface area contributed by atoms with Crippen molar-refractivity contribution in [3.63, 3.8) is 0 Å². The molecule has 2 aromatic heterocycles. The van der Waals surface area contributed by atoms with Gasteiger partial charge in [0.25, 0.3) is 11.5 Å². The molecule has 4 rings (SSSR count). The number of carbonyl (C=O) groups excluding carboxylic acids is 2. The highest BCUT2D eigenvalue weighted by Crippen LogP contribution is 2.18. The number of nitrogens with one attached hydrogen (secondary N) is 1. The highest BCUT2D eigenvalue weighted by Gasteiger charge is 2.16. The molecule has 2 heterocycles. The molecule has 0 unspecified atom stereocenters. The third-order valence-electron chi connectivity index (χ3n) is 4.88. The first-order valence-electron chi connectivity index (χ1n) is 10.0. The number of anilines is 1. The van der Waals surface area contributed by atoms with Gasteiger partial charge in [-0.25, -0.2) is 13.8 Å². The molecule has 4 aromatic rings. The van der Waals surface area contributed by atoms with Crippen molar-refractivity contribution in [3.8, 4) is 5.69 Å². The van der Waals surface area contributed by atoms with Crippen LogP contribution in [0.2, 0.25) is 0 Å². The number of hydrogen-bond acceptors (Lipinski definition) is 6. The van der Waals surface area contributed by atoms with Gasteiger partial charge in [-0.05, 0) is 37.3 Å². The van der Waals surface area contributed by atoms with Crippen molar-refractivity contribution in [1.29, 1.82) is 0 Å². The van der Waals surface area contributed by atoms with Gasteiger partial charge in [-0.3, -0.25) is 14.4 Å². The SMILES string of the molecule is Cc1cc(NC(=O)COC(=O)Cc2nn(C)c(=O)c3ccccc23)n(-c2ccc(F)cc2)n1. The van der Waals surface area contributed by atoms with Gasteiger partial charge in [0, 0.05) is 18.5 Å². The van der Waals surface area contributed by atoms with Crippen LogP contribution in [0.1, 0.15) is 11.4 Å². The number of aromatic nitrogens is 4. The molecule has 0 radical (unpaired) electrons. The van der Waals surface area contributed by atoms with Crippen LogP contribution in [0.4, 0.5) is 10.2 Å². The van der Waals surface area contributed by atoms with Crippen molar-refractivity contribution in [3.05, 3.63) is 82.2 Å². The number of nitrogens with zero attached hydrogens (tertiary/aromatic N) is 4. The van der Waals surface area contributed by atoms with Gasteiger partial charge in [-0.2, -0.15) is 10.2 Å². The summed E-state index contributed by atoms with van der Waals surface area (Å²) in [6, 6.07) is 14.1. The van der Waals surface area contributed by atoms with Crippen LogP contribution < -0.4 is 10.9 Å². The Balaban J connectivity index is 1.42. The van der Waals surface area contributed by atoms with E-state index in [1.165, 1.54) is 36.0 Å². The van der Waals surface area contributed by atoms with Gasteiger partial charge < -0.3 is 10.1 Å². The molecule has 0 fully saturated rings. The Labute approximate surface area is 187 Å². The number of esters is 1. The number of fused-ring (bicyclic) bond motifs is 1. The Kier molecular flexibility index (Phi) is 5.99. The van der Waals surface area contributed by atoms with Gasteiger partial charge in [0.05, 0.1) is 28.9 Å². The van der Waals surface area contributed by atoms with E-state index in [4.69, 9.17) is 4.74 Å². The van der Waals surface area contributed by atoms with Gasteiger partial charge in [0.1, 0.15) is 11.6 Å². The van der Waals surface area contributed by atoms with E-state index in [1.807, 2.05) is 0 Å². The summed E-state index contributed by atoms with van der Waals surface area (Å²) < 4.78 is 20.9. The molecular weight excluding hydrogens is 429 g/mol. The first-order chi connectivity index (χ1) is 15.8. The molecule has 9 nitrogen and oxygen atoms in total. The lowest BCUT2D eigenvalue weighted by atomic mass is 10.1. The fourth-order valence-corrected chi connectivity index (χ4v) is 3.39. The topological polar surface area (TPSA) is 108 Å². The largest absolute Gasteiger partial charge is 0.455 e. The predicted molar refractivity (Wildman–Crippen MR) is 119 cm³/mol. The van der Waals surface area contributed by atoms with Crippen LogP contribution >= 0.6 is 0 Å². The summed E-state index contributed by atoms with van der Waals surface area (Å²) in [4.78, 5) is 36.9. The molecule has 1 amide bonds. The minimum atomic E-state index is -0.662. The second-order valence-electron chi connectivity index (χ2n) is 7.37. The van der Waals surface area contributed by atoms with Gasteiger partial charge >= 0.3 is 5.97 Å². The smallest absolute Gasteiger partial charge is 0.312 e. The van der Waals surface area contributed by atoms with Gasteiger partial charge in [-0.15, -0.1) is 0 Å². The minimum Gasteiger partial charge on any atom is -0.455 e. The molecular formula is C23H20FN5O4. The molecule has 0 aliphatic carbocycles. The molecule has 1 N–H and O–H groups in total. The fraction of sp³-hybridized carbons (Fsp3) is 0.174. The Bertz CT molecular complexity index is 1410. The first-order valence-corrected chi connectivity index (χ1v) is 10.0. The van der Waals surface area contributed by atoms with Crippen molar-refractivity contribution in [1.82, 2.24) is 19.6 Å². The lowest BCUT2D eigenvalue weighted by Crippen LogP contribution is -2.25. The maximum Gasteiger partial charge on any atom is 0.312 e. The van der Waals surface area contributed by atoms with Gasteiger partial charge in [0.15, 0.2) is 6.61 Å². The molecule has 168 valence electrons. The monoisotopic (exact) mass is 449 g/mol. The quantitative estimate of drug-likeness (QED) is 0.453. The Hall–Kier alpha value is -4.34. The zero-order valence-corrected chi connectivity index (χ0v) is 17.9. The van der Waals surface area contributed by atoms with Crippen molar-refractivity contribution in [2.75, 3.05) is 11.9 Å². The summed E-state index contributed by atoms with van der Waals surface area (Å²) >= 11 is 0. The van der Waals surface area contributed by atoms with E-state index in [1.54, 1.807) is 37.3 Å². The number of halogens is 1. The Morgan fingerprint density at radius 1 is 1.06 bits per heavy atom. The fourth-order valence-electron chi connectivity index (χ4n) is 3.39. The standard InChI is InChI=1S/C23H20FN5O4/c1-14-11-20(29(26-14)16-9-7-15(24)8-10-16)25-21(30)13-33-22(31)12-19-17-5-3-4-6-18(17)23(32)28(2)27-19/h3-11H,12-13H2,1-2H3,(H,25,30). The van der Waals surface area contributed by atoms with E-state index in [2.05, 4.69) is 15.5 Å². The van der Waals surface area contributed by atoms with Crippen LogP contribution in [0, 0.1) is 12.7 Å². The van der Waals surface area contributed by atoms with Crippen LogP contribution in [0.5, 0.6) is 0 Å². The van der Waals surface area contributed by atoms with E-state index in [9.17, 15) is 18.8 Å². The summed E-state index contributed by atoms with van der Waals surface area (Å²) in [6.07, 6.45) is -0.200. The number of benzene rings is 2. The Morgan fingerprint density at radius 2 is 1.76 bits per heavy atom. The second-order valence-corrected chi connectivity index (χ2v) is 7.37. The highest BCUT2D eigenvalue weighted by molar-refractivity contribution is 5.93. The number of carbonyl (C=O) groups is 2. The zero-order valence-electron chi connectivity index (χ0n) is 17.9. The van der Waals surface area contributed by atoms with Crippen molar-refractivity contribution in [2.45, 2.75) is 13.3 Å². The summed E-state index contributed by atoms with van der Waals surface area (Å²) in [7, 11) is 1.50. The molecule has 10 heteroatoms. The summed E-state index contributed by atoms with van der Waals surface area (Å²) in [5, 5.41) is 12.1. The number of hydrogen-bond donors (Lipinski definition) is 1.